The zero-order chi connectivity index (χ0) is 13.7. The number of hydrogen-bond donors (Lipinski definition) is 2. The lowest BCUT2D eigenvalue weighted by Crippen LogP contribution is -2.06. The van der Waals surface area contributed by atoms with Gasteiger partial charge in [-0.2, -0.15) is 0 Å². The van der Waals surface area contributed by atoms with Gasteiger partial charge in [-0.25, -0.2) is 4.79 Å². The van der Waals surface area contributed by atoms with E-state index < -0.39 is 5.97 Å². The molecule has 4 heteroatoms. The van der Waals surface area contributed by atoms with Crippen molar-refractivity contribution in [1.82, 2.24) is 0 Å². The van der Waals surface area contributed by atoms with E-state index in [-0.39, 0.29) is 18.8 Å². The summed E-state index contributed by atoms with van der Waals surface area (Å²) < 4.78 is 5.58. The molecule has 0 amide bonds. The lowest BCUT2D eigenvalue weighted by Gasteiger charge is -2.11. The maximum absolute atomic E-state index is 11.1. The van der Waals surface area contributed by atoms with E-state index in [0.29, 0.717) is 16.9 Å². The quantitative estimate of drug-likeness (QED) is 0.864. The third kappa shape index (κ3) is 3.11. The van der Waals surface area contributed by atoms with Gasteiger partial charge in [0.05, 0.1) is 12.2 Å². The summed E-state index contributed by atoms with van der Waals surface area (Å²) in [7, 11) is 0. The molecule has 0 heterocycles. The van der Waals surface area contributed by atoms with Crippen LogP contribution < -0.4 is 4.74 Å². The van der Waals surface area contributed by atoms with E-state index in [9.17, 15) is 9.90 Å². The van der Waals surface area contributed by atoms with Crippen molar-refractivity contribution in [2.45, 2.75) is 13.2 Å². The molecule has 2 aromatic rings. The van der Waals surface area contributed by atoms with Gasteiger partial charge in [-0.3, -0.25) is 0 Å². The number of ether oxygens (including phenoxy) is 1. The molecule has 0 fully saturated rings. The van der Waals surface area contributed by atoms with Crippen LogP contribution in [0.3, 0.4) is 0 Å². The van der Waals surface area contributed by atoms with Crippen LogP contribution in [0.5, 0.6) is 5.75 Å². The number of carbonyl (C=O) groups is 1. The van der Waals surface area contributed by atoms with Crippen LogP contribution in [-0.4, -0.2) is 16.2 Å². The number of aromatic carboxylic acids is 1. The average Bonchev–Trinajstić information content (AvgIpc) is 2.45. The molecule has 0 aliphatic rings. The Kier molecular flexibility index (Phi) is 4.15. The Balaban J connectivity index is 2.17. The van der Waals surface area contributed by atoms with Crippen molar-refractivity contribution in [2.24, 2.45) is 0 Å². The van der Waals surface area contributed by atoms with E-state index in [1.165, 1.54) is 0 Å². The second-order valence-electron chi connectivity index (χ2n) is 4.02. The minimum absolute atomic E-state index is 0.114. The zero-order valence-electron chi connectivity index (χ0n) is 10.2. The Bertz CT molecular complexity index is 578. The van der Waals surface area contributed by atoms with Gasteiger partial charge in [0.15, 0.2) is 0 Å². The summed E-state index contributed by atoms with van der Waals surface area (Å²) in [6.07, 6.45) is 0. The fraction of sp³-hybridized carbons (Fsp3) is 0.133. The number of carboxylic acids is 1. The Morgan fingerprint density at radius 1 is 1.00 bits per heavy atom. The van der Waals surface area contributed by atoms with E-state index in [1.807, 2.05) is 6.07 Å². The highest BCUT2D eigenvalue weighted by atomic mass is 16.5. The highest BCUT2D eigenvalue weighted by Gasteiger charge is 2.10. The molecule has 0 aliphatic carbocycles. The second kappa shape index (κ2) is 6.02. The third-order valence-corrected chi connectivity index (χ3v) is 2.77. The number of aliphatic hydroxyl groups is 1. The van der Waals surface area contributed by atoms with Crippen molar-refractivity contribution in [3.63, 3.8) is 0 Å². The van der Waals surface area contributed by atoms with Crippen LogP contribution in [0, 0.1) is 0 Å². The molecule has 0 radical (unpaired) electrons. The average molecular weight is 258 g/mol. The summed E-state index contributed by atoms with van der Waals surface area (Å²) in [5.74, 6) is -0.417. The largest absolute Gasteiger partial charge is 0.489 e. The molecular weight excluding hydrogens is 244 g/mol. The molecule has 2 aromatic carbocycles. The van der Waals surface area contributed by atoms with Crippen LogP contribution >= 0.6 is 0 Å². The molecule has 2 N–H and O–H groups in total. The van der Waals surface area contributed by atoms with Gasteiger partial charge in [0.1, 0.15) is 12.4 Å². The van der Waals surface area contributed by atoms with Crippen LogP contribution in [0.2, 0.25) is 0 Å². The van der Waals surface area contributed by atoms with Gasteiger partial charge < -0.3 is 14.9 Å². The first-order chi connectivity index (χ1) is 9.22. The van der Waals surface area contributed by atoms with Crippen molar-refractivity contribution in [1.29, 1.82) is 0 Å². The molecule has 19 heavy (non-hydrogen) atoms. The molecule has 0 bridgehead atoms. The van der Waals surface area contributed by atoms with Crippen LogP contribution in [0.25, 0.3) is 0 Å². The van der Waals surface area contributed by atoms with Crippen molar-refractivity contribution in [2.75, 3.05) is 0 Å². The van der Waals surface area contributed by atoms with Gasteiger partial charge in [-0.1, -0.05) is 36.4 Å². The number of aliphatic hydroxyl groups excluding tert-OH is 1. The first-order valence-corrected chi connectivity index (χ1v) is 5.85. The van der Waals surface area contributed by atoms with Gasteiger partial charge in [0.2, 0.25) is 0 Å². The number of carboxylic acid groups (broad SMARTS) is 1. The fourth-order valence-electron chi connectivity index (χ4n) is 1.79. The first kappa shape index (κ1) is 13.1. The third-order valence-electron chi connectivity index (χ3n) is 2.77. The molecule has 0 aromatic heterocycles. The smallest absolute Gasteiger partial charge is 0.336 e. The Morgan fingerprint density at radius 2 is 1.63 bits per heavy atom. The maximum atomic E-state index is 11.1. The molecule has 0 saturated carbocycles. The van der Waals surface area contributed by atoms with Gasteiger partial charge in [0, 0.05) is 11.1 Å². The number of rotatable bonds is 5. The molecule has 0 unspecified atom stereocenters. The Labute approximate surface area is 110 Å². The van der Waals surface area contributed by atoms with E-state index in [4.69, 9.17) is 9.84 Å². The predicted octanol–water partition coefficient (Wildman–Crippen LogP) is 2.46. The van der Waals surface area contributed by atoms with Crippen LogP contribution in [0.1, 0.15) is 21.5 Å². The van der Waals surface area contributed by atoms with E-state index >= 15 is 0 Å². The number of hydrogen-bond acceptors (Lipinski definition) is 3. The molecule has 98 valence electrons. The predicted molar refractivity (Wildman–Crippen MR) is 70.1 cm³/mol. The molecular formula is C15H14O4. The zero-order valence-corrected chi connectivity index (χ0v) is 10.2. The standard InChI is InChI=1S/C15H14O4/c16-9-11-5-2-4-8-14(11)19-10-12-6-1-3-7-13(12)15(17)18/h1-8,16H,9-10H2,(H,17,18). The van der Waals surface area contributed by atoms with Crippen molar-refractivity contribution in [3.05, 3.63) is 65.2 Å². The highest BCUT2D eigenvalue weighted by molar-refractivity contribution is 5.89. The minimum atomic E-state index is -0.977. The summed E-state index contributed by atoms with van der Waals surface area (Å²) >= 11 is 0. The maximum Gasteiger partial charge on any atom is 0.336 e. The van der Waals surface area contributed by atoms with Crippen molar-refractivity contribution < 1.29 is 19.7 Å². The summed E-state index contributed by atoms with van der Waals surface area (Å²) in [6.45, 7) is 0.0379. The van der Waals surface area contributed by atoms with Gasteiger partial charge in [-0.15, -0.1) is 0 Å². The van der Waals surface area contributed by atoms with Crippen LogP contribution in [0.15, 0.2) is 48.5 Å². The highest BCUT2D eigenvalue weighted by Crippen LogP contribution is 2.20. The lowest BCUT2D eigenvalue weighted by molar-refractivity contribution is 0.0694. The van der Waals surface area contributed by atoms with Crippen molar-refractivity contribution >= 4 is 5.97 Å². The molecule has 0 aliphatic heterocycles. The van der Waals surface area contributed by atoms with Crippen LogP contribution in [-0.2, 0) is 13.2 Å². The molecule has 2 rings (SSSR count). The molecule has 4 nitrogen and oxygen atoms in total. The number of benzene rings is 2. The molecule has 0 spiro atoms. The Morgan fingerprint density at radius 3 is 2.32 bits per heavy atom. The topological polar surface area (TPSA) is 66.8 Å². The van der Waals surface area contributed by atoms with Crippen LogP contribution in [0.4, 0.5) is 0 Å². The second-order valence-corrected chi connectivity index (χ2v) is 4.02. The van der Waals surface area contributed by atoms with Crippen molar-refractivity contribution in [3.8, 4) is 5.75 Å². The van der Waals surface area contributed by atoms with E-state index in [1.54, 1.807) is 42.5 Å². The summed E-state index contributed by atoms with van der Waals surface area (Å²) in [4.78, 5) is 11.1. The SMILES string of the molecule is O=C(O)c1ccccc1COc1ccccc1CO. The van der Waals surface area contributed by atoms with Gasteiger partial charge >= 0.3 is 5.97 Å². The summed E-state index contributed by atoms with van der Waals surface area (Å²) in [5, 5.41) is 18.3. The molecule has 0 saturated heterocycles. The first-order valence-electron chi connectivity index (χ1n) is 5.85. The van der Waals surface area contributed by atoms with Gasteiger partial charge in [0.25, 0.3) is 0 Å². The lowest BCUT2D eigenvalue weighted by atomic mass is 10.1. The van der Waals surface area contributed by atoms with E-state index in [0.717, 1.165) is 0 Å². The minimum Gasteiger partial charge on any atom is -0.489 e. The normalized spacial score (nSPS) is 10.2. The summed E-state index contributed by atoms with van der Waals surface area (Å²) in [5.41, 5.74) is 1.50. The fourth-order valence-corrected chi connectivity index (χ4v) is 1.79. The monoisotopic (exact) mass is 258 g/mol. The number of para-hydroxylation sites is 1. The van der Waals surface area contributed by atoms with E-state index in [2.05, 4.69) is 0 Å². The van der Waals surface area contributed by atoms with Gasteiger partial charge in [-0.05, 0) is 12.1 Å². The molecule has 0 atom stereocenters. The summed E-state index contributed by atoms with van der Waals surface area (Å²) in [6, 6.07) is 13.8. The Hall–Kier alpha value is -2.33.